The van der Waals surface area contributed by atoms with E-state index >= 15 is 0 Å². The van der Waals surface area contributed by atoms with Crippen LogP contribution >= 0.6 is 23.1 Å². The molecule has 1 amide bonds. The molecule has 0 fully saturated rings. The number of nitrogens with zero attached hydrogens (tertiary/aromatic N) is 2. The van der Waals surface area contributed by atoms with Crippen molar-refractivity contribution in [2.75, 3.05) is 5.32 Å². The van der Waals surface area contributed by atoms with Crippen molar-refractivity contribution in [3.8, 4) is 11.4 Å². The number of aromatic nitrogens is 2. The van der Waals surface area contributed by atoms with Gasteiger partial charge in [-0.05, 0) is 35.7 Å². The van der Waals surface area contributed by atoms with Gasteiger partial charge in [0.2, 0.25) is 17.6 Å². The monoisotopic (exact) mass is 331 g/mol. The fourth-order valence-electron chi connectivity index (χ4n) is 1.81. The molecule has 112 valence electrons. The van der Waals surface area contributed by atoms with E-state index in [4.69, 9.17) is 4.52 Å². The van der Waals surface area contributed by atoms with E-state index < -0.39 is 0 Å². The van der Waals surface area contributed by atoms with Crippen LogP contribution in [0.4, 0.5) is 5.69 Å². The van der Waals surface area contributed by atoms with Gasteiger partial charge < -0.3 is 9.84 Å². The van der Waals surface area contributed by atoms with Crippen LogP contribution in [0.2, 0.25) is 0 Å². The largest absolute Gasteiger partial charge is 0.338 e. The fourth-order valence-corrected chi connectivity index (χ4v) is 3.18. The number of carbonyl (C=O) groups is 1. The molecule has 0 spiro atoms. The molecule has 0 radical (unpaired) electrons. The van der Waals surface area contributed by atoms with E-state index in [2.05, 4.69) is 15.5 Å². The van der Waals surface area contributed by atoms with Crippen LogP contribution in [0.3, 0.4) is 0 Å². The Hall–Kier alpha value is -2.12. The molecule has 0 saturated heterocycles. The summed E-state index contributed by atoms with van der Waals surface area (Å²) in [6.45, 7) is 1.49. The molecule has 5 nitrogen and oxygen atoms in total. The average molecular weight is 331 g/mol. The second-order valence-corrected chi connectivity index (χ2v) is 6.35. The lowest BCUT2D eigenvalue weighted by molar-refractivity contribution is -0.114. The SMILES string of the molecule is CC(=O)Nc1ccc(SCc2nc(-c3ccsc3)no2)cc1. The maximum Gasteiger partial charge on any atom is 0.237 e. The van der Waals surface area contributed by atoms with Gasteiger partial charge in [-0.2, -0.15) is 16.3 Å². The molecule has 0 aliphatic carbocycles. The van der Waals surface area contributed by atoms with E-state index in [1.807, 2.05) is 41.1 Å². The second kappa shape index (κ2) is 6.76. The molecule has 3 rings (SSSR count). The molecule has 2 aromatic heterocycles. The van der Waals surface area contributed by atoms with Gasteiger partial charge in [-0.15, -0.1) is 11.8 Å². The van der Waals surface area contributed by atoms with Gasteiger partial charge in [0, 0.05) is 28.5 Å². The summed E-state index contributed by atoms with van der Waals surface area (Å²) in [6, 6.07) is 9.61. The lowest BCUT2D eigenvalue weighted by atomic mass is 10.3. The van der Waals surface area contributed by atoms with Gasteiger partial charge >= 0.3 is 0 Å². The van der Waals surface area contributed by atoms with Gasteiger partial charge in [0.1, 0.15) is 0 Å². The molecule has 2 heterocycles. The van der Waals surface area contributed by atoms with Crippen molar-refractivity contribution in [3.63, 3.8) is 0 Å². The van der Waals surface area contributed by atoms with Gasteiger partial charge in [0.05, 0.1) is 5.75 Å². The topological polar surface area (TPSA) is 68.0 Å². The van der Waals surface area contributed by atoms with Crippen molar-refractivity contribution in [3.05, 3.63) is 47.0 Å². The molecule has 22 heavy (non-hydrogen) atoms. The van der Waals surface area contributed by atoms with E-state index in [1.165, 1.54) is 6.92 Å². The predicted octanol–water partition coefficient (Wildman–Crippen LogP) is 4.05. The molecular formula is C15H13N3O2S2. The third kappa shape index (κ3) is 3.75. The van der Waals surface area contributed by atoms with Crippen LogP contribution in [0, 0.1) is 0 Å². The van der Waals surface area contributed by atoms with Crippen molar-refractivity contribution >= 4 is 34.7 Å². The summed E-state index contributed by atoms with van der Waals surface area (Å²) < 4.78 is 5.25. The third-order valence-corrected chi connectivity index (χ3v) is 4.46. The third-order valence-electron chi connectivity index (χ3n) is 2.78. The van der Waals surface area contributed by atoms with Crippen molar-refractivity contribution in [2.45, 2.75) is 17.6 Å². The Morgan fingerprint density at radius 3 is 2.82 bits per heavy atom. The van der Waals surface area contributed by atoms with Crippen LogP contribution in [-0.2, 0) is 10.5 Å². The molecule has 0 atom stereocenters. The van der Waals surface area contributed by atoms with Crippen LogP contribution < -0.4 is 5.32 Å². The van der Waals surface area contributed by atoms with Gasteiger partial charge in [0.25, 0.3) is 0 Å². The first kappa shape index (κ1) is 14.8. The minimum Gasteiger partial charge on any atom is -0.338 e. The van der Waals surface area contributed by atoms with Gasteiger partial charge in [-0.3, -0.25) is 4.79 Å². The van der Waals surface area contributed by atoms with Gasteiger partial charge in [0.15, 0.2) is 0 Å². The second-order valence-electron chi connectivity index (χ2n) is 4.52. The lowest BCUT2D eigenvalue weighted by Gasteiger charge is -2.03. The summed E-state index contributed by atoms with van der Waals surface area (Å²) in [6.07, 6.45) is 0. The lowest BCUT2D eigenvalue weighted by Crippen LogP contribution is -2.05. The van der Waals surface area contributed by atoms with Crippen LogP contribution in [-0.4, -0.2) is 16.0 Å². The first-order chi connectivity index (χ1) is 10.7. The van der Waals surface area contributed by atoms with Crippen molar-refractivity contribution in [1.82, 2.24) is 10.1 Å². The Kier molecular flexibility index (Phi) is 4.55. The minimum absolute atomic E-state index is 0.0766. The maximum atomic E-state index is 11.0. The van der Waals surface area contributed by atoms with Crippen LogP contribution in [0.15, 0.2) is 50.5 Å². The number of nitrogens with one attached hydrogen (secondary N) is 1. The van der Waals surface area contributed by atoms with Crippen molar-refractivity contribution in [1.29, 1.82) is 0 Å². The number of hydrogen-bond acceptors (Lipinski definition) is 6. The fraction of sp³-hybridized carbons (Fsp3) is 0.133. The van der Waals surface area contributed by atoms with E-state index in [-0.39, 0.29) is 5.91 Å². The molecule has 3 aromatic rings. The number of amides is 1. The Balaban J connectivity index is 1.59. The number of anilines is 1. The molecule has 1 aromatic carbocycles. The number of thioether (sulfide) groups is 1. The summed E-state index contributed by atoms with van der Waals surface area (Å²) in [7, 11) is 0. The molecular weight excluding hydrogens is 318 g/mol. The highest BCUT2D eigenvalue weighted by molar-refractivity contribution is 7.98. The van der Waals surface area contributed by atoms with Crippen molar-refractivity contribution < 1.29 is 9.32 Å². The van der Waals surface area contributed by atoms with E-state index in [0.717, 1.165) is 16.1 Å². The Bertz CT molecular complexity index is 751. The number of benzene rings is 1. The Morgan fingerprint density at radius 2 is 2.14 bits per heavy atom. The summed E-state index contributed by atoms with van der Waals surface area (Å²) >= 11 is 3.21. The summed E-state index contributed by atoms with van der Waals surface area (Å²) in [5.41, 5.74) is 1.76. The van der Waals surface area contributed by atoms with Crippen molar-refractivity contribution in [2.24, 2.45) is 0 Å². The number of hydrogen-bond donors (Lipinski definition) is 1. The summed E-state index contributed by atoms with van der Waals surface area (Å²) in [5.74, 6) is 1.75. The molecule has 0 bridgehead atoms. The number of rotatable bonds is 5. The highest BCUT2D eigenvalue weighted by atomic mass is 32.2. The maximum absolute atomic E-state index is 11.0. The van der Waals surface area contributed by atoms with Crippen LogP contribution in [0.1, 0.15) is 12.8 Å². The van der Waals surface area contributed by atoms with E-state index in [1.54, 1.807) is 23.1 Å². The zero-order valence-electron chi connectivity index (χ0n) is 11.8. The number of carbonyl (C=O) groups excluding carboxylic acids is 1. The molecule has 0 aliphatic heterocycles. The average Bonchev–Trinajstić information content (AvgIpc) is 3.17. The normalized spacial score (nSPS) is 10.6. The number of thiophene rings is 1. The molecule has 0 saturated carbocycles. The molecule has 1 N–H and O–H groups in total. The first-order valence-electron chi connectivity index (χ1n) is 6.56. The van der Waals surface area contributed by atoms with E-state index in [9.17, 15) is 4.79 Å². The quantitative estimate of drug-likeness (QED) is 0.714. The van der Waals surface area contributed by atoms with Crippen LogP contribution in [0.25, 0.3) is 11.4 Å². The molecule has 7 heteroatoms. The van der Waals surface area contributed by atoms with Gasteiger partial charge in [-0.25, -0.2) is 0 Å². The van der Waals surface area contributed by atoms with Crippen LogP contribution in [0.5, 0.6) is 0 Å². The highest BCUT2D eigenvalue weighted by Gasteiger charge is 2.09. The zero-order chi connectivity index (χ0) is 15.4. The molecule has 0 unspecified atom stereocenters. The smallest absolute Gasteiger partial charge is 0.237 e. The zero-order valence-corrected chi connectivity index (χ0v) is 13.4. The Morgan fingerprint density at radius 1 is 1.32 bits per heavy atom. The van der Waals surface area contributed by atoms with Gasteiger partial charge in [-0.1, -0.05) is 5.16 Å². The summed E-state index contributed by atoms with van der Waals surface area (Å²) in [4.78, 5) is 16.4. The first-order valence-corrected chi connectivity index (χ1v) is 8.49. The minimum atomic E-state index is -0.0766. The van der Waals surface area contributed by atoms with E-state index in [0.29, 0.717) is 17.5 Å². The predicted molar refractivity (Wildman–Crippen MR) is 87.9 cm³/mol. The summed E-state index contributed by atoms with van der Waals surface area (Å²) in [5, 5.41) is 10.7. The standard InChI is InChI=1S/C15H13N3O2S2/c1-10(19)16-12-2-4-13(5-3-12)22-9-14-17-15(18-20-14)11-6-7-21-8-11/h2-8H,9H2,1H3,(H,16,19). The highest BCUT2D eigenvalue weighted by Crippen LogP contribution is 2.25. The molecule has 0 aliphatic rings. The Labute approximate surface area is 135 Å².